The van der Waals surface area contributed by atoms with Gasteiger partial charge in [0.2, 0.25) is 0 Å². The van der Waals surface area contributed by atoms with Gasteiger partial charge in [0.15, 0.2) is 5.96 Å². The summed E-state index contributed by atoms with van der Waals surface area (Å²) < 4.78 is 0. The Bertz CT molecular complexity index is 412. The molecule has 0 aromatic heterocycles. The molecule has 0 N–H and O–H groups in total. The third kappa shape index (κ3) is 3.84. The molecule has 0 spiro atoms. The van der Waals surface area contributed by atoms with Crippen molar-refractivity contribution in [2.24, 2.45) is 4.99 Å². The first-order valence-corrected chi connectivity index (χ1v) is 6.50. The fourth-order valence-electron chi connectivity index (χ4n) is 2.39. The van der Waals surface area contributed by atoms with Gasteiger partial charge >= 0.3 is 0 Å². The topological polar surface area (TPSA) is 18.8 Å². The van der Waals surface area contributed by atoms with Crippen LogP contribution >= 0.6 is 24.0 Å². The van der Waals surface area contributed by atoms with Gasteiger partial charge in [-0.25, -0.2) is 0 Å². The lowest BCUT2D eigenvalue weighted by molar-refractivity contribution is 0.476. The average molecular weight is 373 g/mol. The number of hydrogen-bond acceptors (Lipinski definition) is 1. The zero-order valence-electron chi connectivity index (χ0n) is 12.3. The van der Waals surface area contributed by atoms with E-state index in [1.807, 2.05) is 28.2 Å². The highest BCUT2D eigenvalue weighted by Crippen LogP contribution is 2.48. The van der Waals surface area contributed by atoms with Crippen molar-refractivity contribution >= 4 is 29.9 Å². The number of rotatable bonds is 3. The van der Waals surface area contributed by atoms with Crippen LogP contribution in [-0.4, -0.2) is 50.5 Å². The molecule has 4 heteroatoms. The largest absolute Gasteiger partial charge is 0.349 e. The third-order valence-corrected chi connectivity index (χ3v) is 3.56. The smallest absolute Gasteiger partial charge is 0.195 e. The van der Waals surface area contributed by atoms with Gasteiger partial charge in [0.1, 0.15) is 0 Å². The summed E-state index contributed by atoms with van der Waals surface area (Å²) in [7, 11) is 8.17. The van der Waals surface area contributed by atoms with E-state index in [2.05, 4.69) is 40.1 Å². The summed E-state index contributed by atoms with van der Waals surface area (Å²) in [4.78, 5) is 8.94. The molecule has 0 bridgehead atoms. The van der Waals surface area contributed by atoms with Crippen molar-refractivity contribution in [1.82, 2.24) is 9.80 Å². The standard InChI is InChI=1S/C15H23N3.HI/c1-17(2)14(18(3)4)16-12-15(10-11-15)13-8-6-5-7-9-13;/h5-9H,10-12H2,1-4H3;1H. The molecule has 0 radical (unpaired) electrons. The molecule has 0 amide bonds. The second-order valence-corrected chi connectivity index (χ2v) is 5.55. The number of aliphatic imine (C=N–C) groups is 1. The van der Waals surface area contributed by atoms with Crippen LogP contribution in [0, 0.1) is 0 Å². The van der Waals surface area contributed by atoms with Gasteiger partial charge in [-0.15, -0.1) is 24.0 Å². The van der Waals surface area contributed by atoms with E-state index in [-0.39, 0.29) is 24.0 Å². The van der Waals surface area contributed by atoms with Crippen LogP contribution in [0.3, 0.4) is 0 Å². The Balaban J connectivity index is 0.00000180. The molecule has 1 saturated carbocycles. The Morgan fingerprint density at radius 3 is 2.00 bits per heavy atom. The maximum atomic E-state index is 4.80. The Morgan fingerprint density at radius 1 is 1.05 bits per heavy atom. The summed E-state index contributed by atoms with van der Waals surface area (Å²) in [5, 5.41) is 0. The summed E-state index contributed by atoms with van der Waals surface area (Å²) in [5.41, 5.74) is 1.74. The van der Waals surface area contributed by atoms with Crippen LogP contribution in [0.25, 0.3) is 0 Å². The monoisotopic (exact) mass is 373 g/mol. The summed E-state index contributed by atoms with van der Waals surface area (Å²) in [6.45, 7) is 0.892. The fraction of sp³-hybridized carbons (Fsp3) is 0.533. The van der Waals surface area contributed by atoms with E-state index in [9.17, 15) is 0 Å². The summed E-state index contributed by atoms with van der Waals surface area (Å²) in [5.74, 6) is 1.04. The molecule has 19 heavy (non-hydrogen) atoms. The first kappa shape index (κ1) is 16.3. The Labute approximate surface area is 133 Å². The number of halogens is 1. The first-order valence-electron chi connectivity index (χ1n) is 6.50. The molecule has 1 aliphatic carbocycles. The minimum atomic E-state index is 0. The minimum Gasteiger partial charge on any atom is -0.349 e. The number of nitrogens with zero attached hydrogens (tertiary/aromatic N) is 3. The molecule has 1 aliphatic rings. The minimum absolute atomic E-state index is 0. The second-order valence-electron chi connectivity index (χ2n) is 5.55. The molecular weight excluding hydrogens is 349 g/mol. The second kappa shape index (κ2) is 6.59. The highest BCUT2D eigenvalue weighted by molar-refractivity contribution is 14.0. The molecular formula is C15H24IN3. The van der Waals surface area contributed by atoms with Gasteiger partial charge in [-0.3, -0.25) is 4.99 Å². The van der Waals surface area contributed by atoms with Crippen LogP contribution in [0.4, 0.5) is 0 Å². The molecule has 1 aromatic rings. The maximum absolute atomic E-state index is 4.80. The molecule has 106 valence electrons. The van der Waals surface area contributed by atoms with Crippen molar-refractivity contribution in [2.45, 2.75) is 18.3 Å². The zero-order valence-corrected chi connectivity index (χ0v) is 14.6. The molecule has 0 aliphatic heterocycles. The molecule has 2 rings (SSSR count). The maximum Gasteiger partial charge on any atom is 0.195 e. The molecule has 0 atom stereocenters. The van der Waals surface area contributed by atoms with Crippen molar-refractivity contribution in [1.29, 1.82) is 0 Å². The first-order chi connectivity index (χ1) is 8.55. The van der Waals surface area contributed by atoms with Gasteiger partial charge in [-0.1, -0.05) is 30.3 Å². The molecule has 0 saturated heterocycles. The van der Waals surface area contributed by atoms with Crippen LogP contribution in [-0.2, 0) is 5.41 Å². The van der Waals surface area contributed by atoms with E-state index in [1.54, 1.807) is 0 Å². The molecule has 1 fully saturated rings. The fourth-order valence-corrected chi connectivity index (χ4v) is 2.39. The Kier molecular flexibility index (Phi) is 5.64. The Hall–Kier alpha value is -0.780. The average Bonchev–Trinajstić information content (AvgIpc) is 3.11. The summed E-state index contributed by atoms with van der Waals surface area (Å²) in [6, 6.07) is 10.8. The zero-order chi connectivity index (χ0) is 13.2. The molecule has 3 nitrogen and oxygen atoms in total. The van der Waals surface area contributed by atoms with Gasteiger partial charge in [0.05, 0.1) is 6.54 Å². The summed E-state index contributed by atoms with van der Waals surface area (Å²) >= 11 is 0. The van der Waals surface area contributed by atoms with Gasteiger partial charge in [0.25, 0.3) is 0 Å². The number of hydrogen-bond donors (Lipinski definition) is 0. The van der Waals surface area contributed by atoms with Crippen LogP contribution in [0.5, 0.6) is 0 Å². The van der Waals surface area contributed by atoms with Gasteiger partial charge in [-0.2, -0.15) is 0 Å². The number of guanidine groups is 1. The quantitative estimate of drug-likeness (QED) is 0.461. The lowest BCUT2D eigenvalue weighted by Gasteiger charge is -2.24. The summed E-state index contributed by atoms with van der Waals surface area (Å²) in [6.07, 6.45) is 2.52. The number of benzene rings is 1. The normalized spacial score (nSPS) is 15.2. The van der Waals surface area contributed by atoms with E-state index in [1.165, 1.54) is 18.4 Å². The van der Waals surface area contributed by atoms with E-state index in [0.29, 0.717) is 5.41 Å². The highest BCUT2D eigenvalue weighted by Gasteiger charge is 2.44. The molecule has 0 heterocycles. The van der Waals surface area contributed by atoms with Crippen LogP contribution in [0.2, 0.25) is 0 Å². The van der Waals surface area contributed by atoms with Crippen LogP contribution < -0.4 is 0 Å². The van der Waals surface area contributed by atoms with Gasteiger partial charge < -0.3 is 9.80 Å². The van der Waals surface area contributed by atoms with Crippen molar-refractivity contribution in [2.75, 3.05) is 34.7 Å². The van der Waals surface area contributed by atoms with E-state index >= 15 is 0 Å². The van der Waals surface area contributed by atoms with Crippen molar-refractivity contribution in [3.63, 3.8) is 0 Å². The lowest BCUT2D eigenvalue weighted by atomic mass is 9.96. The van der Waals surface area contributed by atoms with Gasteiger partial charge in [-0.05, 0) is 18.4 Å². The predicted octanol–water partition coefficient (Wildman–Crippen LogP) is 2.82. The Morgan fingerprint density at radius 2 is 1.58 bits per heavy atom. The lowest BCUT2D eigenvalue weighted by Crippen LogP contribution is -2.36. The van der Waals surface area contributed by atoms with Crippen molar-refractivity contribution in [3.8, 4) is 0 Å². The van der Waals surface area contributed by atoms with Gasteiger partial charge in [0, 0.05) is 33.6 Å². The predicted molar refractivity (Wildman–Crippen MR) is 92.4 cm³/mol. The molecule has 1 aromatic carbocycles. The van der Waals surface area contributed by atoms with Crippen molar-refractivity contribution in [3.05, 3.63) is 35.9 Å². The van der Waals surface area contributed by atoms with Crippen molar-refractivity contribution < 1.29 is 0 Å². The highest BCUT2D eigenvalue weighted by atomic mass is 127. The van der Waals surface area contributed by atoms with E-state index < -0.39 is 0 Å². The van der Waals surface area contributed by atoms with E-state index in [0.717, 1.165) is 12.5 Å². The SMILES string of the molecule is CN(C)C(=NCC1(c2ccccc2)CC1)N(C)C.I. The van der Waals surface area contributed by atoms with Crippen LogP contribution in [0.15, 0.2) is 35.3 Å². The third-order valence-electron chi connectivity index (χ3n) is 3.56. The van der Waals surface area contributed by atoms with E-state index in [4.69, 9.17) is 4.99 Å². The molecule has 0 unspecified atom stereocenters. The van der Waals surface area contributed by atoms with Crippen LogP contribution in [0.1, 0.15) is 18.4 Å².